The summed E-state index contributed by atoms with van der Waals surface area (Å²) in [6.45, 7) is 4.34. The number of aliphatic hydroxyl groups is 1. The van der Waals surface area contributed by atoms with E-state index in [9.17, 15) is 4.79 Å². The molecule has 1 rings (SSSR count). The molecule has 0 aliphatic carbocycles. The van der Waals surface area contributed by atoms with Gasteiger partial charge >= 0.3 is 0 Å². The minimum Gasteiger partial charge on any atom is -0.395 e. The van der Waals surface area contributed by atoms with Gasteiger partial charge in [-0.05, 0) is 12.0 Å². The van der Waals surface area contributed by atoms with Crippen LogP contribution in [0.2, 0.25) is 0 Å². The van der Waals surface area contributed by atoms with Gasteiger partial charge in [-0.15, -0.1) is 0 Å². The fraction of sp³-hybridized carbons (Fsp3) is 0.600. The third-order valence-corrected chi connectivity index (χ3v) is 2.22. The Hall–Kier alpha value is -1.36. The van der Waals surface area contributed by atoms with Crippen LogP contribution in [-0.4, -0.2) is 46.3 Å². The monoisotopic (exact) mass is 211 g/mol. The highest BCUT2D eigenvalue weighted by Gasteiger charge is 2.15. The predicted molar refractivity (Wildman–Crippen MR) is 56.7 cm³/mol. The zero-order valence-corrected chi connectivity index (χ0v) is 9.32. The van der Waals surface area contributed by atoms with E-state index in [0.29, 0.717) is 18.2 Å². The van der Waals surface area contributed by atoms with E-state index in [-0.39, 0.29) is 12.5 Å². The quantitative estimate of drug-likeness (QED) is 0.766. The number of hydrogen-bond acceptors (Lipinski definition) is 3. The number of H-pyrrole nitrogens is 1. The van der Waals surface area contributed by atoms with Crippen molar-refractivity contribution in [3.63, 3.8) is 0 Å². The number of rotatable bonds is 4. The maximum Gasteiger partial charge on any atom is 0.274 e. The van der Waals surface area contributed by atoms with E-state index in [1.54, 1.807) is 13.1 Å². The summed E-state index contributed by atoms with van der Waals surface area (Å²) in [5.74, 6) is 0.148. The van der Waals surface area contributed by atoms with Crippen molar-refractivity contribution in [2.24, 2.45) is 0 Å². The number of nitrogens with zero attached hydrogens (tertiary/aromatic N) is 2. The molecular weight excluding hydrogens is 194 g/mol. The number of likely N-dealkylation sites (N-methyl/N-ethyl adjacent to an activating group) is 1. The third-order valence-electron chi connectivity index (χ3n) is 2.22. The molecule has 1 aromatic rings. The van der Waals surface area contributed by atoms with Crippen LogP contribution in [0.3, 0.4) is 0 Å². The van der Waals surface area contributed by atoms with Gasteiger partial charge in [-0.3, -0.25) is 9.89 Å². The van der Waals surface area contributed by atoms with Gasteiger partial charge in [-0.25, -0.2) is 0 Å². The lowest BCUT2D eigenvalue weighted by molar-refractivity contribution is 0.0761. The molecule has 1 aromatic heterocycles. The van der Waals surface area contributed by atoms with Crippen molar-refractivity contribution in [3.05, 3.63) is 17.5 Å². The normalized spacial score (nSPS) is 10.7. The molecule has 0 atom stereocenters. The van der Waals surface area contributed by atoms with Crippen LogP contribution in [0, 0.1) is 0 Å². The number of hydrogen-bond donors (Lipinski definition) is 2. The van der Waals surface area contributed by atoms with E-state index >= 15 is 0 Å². The average molecular weight is 211 g/mol. The first-order valence-electron chi connectivity index (χ1n) is 4.98. The highest BCUT2D eigenvalue weighted by Crippen LogP contribution is 2.12. The minimum atomic E-state index is -0.174. The van der Waals surface area contributed by atoms with E-state index < -0.39 is 0 Å². The second-order valence-electron chi connectivity index (χ2n) is 3.81. The van der Waals surface area contributed by atoms with Gasteiger partial charge in [0.05, 0.1) is 6.61 Å². The van der Waals surface area contributed by atoms with E-state index in [1.807, 2.05) is 13.8 Å². The lowest BCUT2D eigenvalue weighted by Gasteiger charge is -2.13. The summed E-state index contributed by atoms with van der Waals surface area (Å²) < 4.78 is 0. The zero-order valence-electron chi connectivity index (χ0n) is 9.32. The molecule has 0 aromatic carbocycles. The van der Waals surface area contributed by atoms with Gasteiger partial charge < -0.3 is 10.0 Å². The Morgan fingerprint density at radius 1 is 1.67 bits per heavy atom. The van der Waals surface area contributed by atoms with E-state index in [1.165, 1.54) is 4.90 Å². The lowest BCUT2D eigenvalue weighted by atomic mass is 10.1. The standard InChI is InChI=1S/C10H17N3O2/c1-7(2)8-6-9(12-11-8)10(15)13(3)4-5-14/h6-7,14H,4-5H2,1-3H3,(H,11,12). The van der Waals surface area contributed by atoms with Crippen molar-refractivity contribution in [1.29, 1.82) is 0 Å². The molecule has 0 saturated carbocycles. The van der Waals surface area contributed by atoms with Crippen LogP contribution < -0.4 is 0 Å². The Morgan fingerprint density at radius 2 is 2.33 bits per heavy atom. The first-order valence-corrected chi connectivity index (χ1v) is 4.98. The number of aromatic nitrogens is 2. The third kappa shape index (κ3) is 2.79. The Morgan fingerprint density at radius 3 is 2.80 bits per heavy atom. The molecule has 0 aliphatic rings. The molecule has 0 aliphatic heterocycles. The highest BCUT2D eigenvalue weighted by atomic mass is 16.3. The molecule has 0 radical (unpaired) electrons. The second kappa shape index (κ2) is 4.93. The molecule has 0 fully saturated rings. The van der Waals surface area contributed by atoms with Crippen LogP contribution in [-0.2, 0) is 0 Å². The summed E-state index contributed by atoms with van der Waals surface area (Å²) in [6, 6.07) is 1.75. The van der Waals surface area contributed by atoms with Gasteiger partial charge in [0.15, 0.2) is 0 Å². The van der Waals surface area contributed by atoms with Crippen molar-refractivity contribution in [3.8, 4) is 0 Å². The van der Waals surface area contributed by atoms with Gasteiger partial charge in [0.2, 0.25) is 0 Å². The fourth-order valence-electron chi connectivity index (χ4n) is 1.19. The van der Waals surface area contributed by atoms with Gasteiger partial charge in [-0.1, -0.05) is 13.8 Å². The van der Waals surface area contributed by atoms with E-state index in [4.69, 9.17) is 5.11 Å². The summed E-state index contributed by atoms with van der Waals surface area (Å²) in [5.41, 5.74) is 1.34. The molecule has 1 heterocycles. The van der Waals surface area contributed by atoms with Crippen LogP contribution in [0.5, 0.6) is 0 Å². The Balaban J connectivity index is 2.74. The summed E-state index contributed by atoms with van der Waals surface area (Å²) in [6.07, 6.45) is 0. The number of aliphatic hydroxyl groups excluding tert-OH is 1. The van der Waals surface area contributed by atoms with Gasteiger partial charge in [0.25, 0.3) is 5.91 Å². The largest absolute Gasteiger partial charge is 0.395 e. The number of carbonyl (C=O) groups is 1. The summed E-state index contributed by atoms with van der Waals surface area (Å²) >= 11 is 0. The number of aromatic amines is 1. The van der Waals surface area contributed by atoms with E-state index in [2.05, 4.69) is 10.2 Å². The molecule has 0 unspecified atom stereocenters. The first kappa shape index (κ1) is 11.7. The van der Waals surface area contributed by atoms with Crippen molar-refractivity contribution in [2.75, 3.05) is 20.2 Å². The molecule has 0 spiro atoms. The average Bonchev–Trinajstić information content (AvgIpc) is 2.65. The van der Waals surface area contributed by atoms with E-state index in [0.717, 1.165) is 5.69 Å². The Bertz CT molecular complexity index is 333. The van der Waals surface area contributed by atoms with Crippen molar-refractivity contribution in [2.45, 2.75) is 19.8 Å². The highest BCUT2D eigenvalue weighted by molar-refractivity contribution is 5.92. The minimum absolute atomic E-state index is 0.0380. The smallest absolute Gasteiger partial charge is 0.274 e. The van der Waals surface area contributed by atoms with Crippen molar-refractivity contribution >= 4 is 5.91 Å². The zero-order chi connectivity index (χ0) is 11.4. The predicted octanol–water partition coefficient (Wildman–Crippen LogP) is 0.597. The van der Waals surface area contributed by atoms with Crippen LogP contribution in [0.15, 0.2) is 6.07 Å². The summed E-state index contributed by atoms with van der Waals surface area (Å²) in [4.78, 5) is 13.1. The van der Waals surface area contributed by atoms with Crippen LogP contribution in [0.25, 0.3) is 0 Å². The molecule has 0 saturated heterocycles. The number of nitrogens with one attached hydrogen (secondary N) is 1. The SMILES string of the molecule is CC(C)c1cc(C(=O)N(C)CCO)n[nH]1. The first-order chi connectivity index (χ1) is 7.06. The molecule has 5 heteroatoms. The molecular formula is C10H17N3O2. The molecule has 5 nitrogen and oxygen atoms in total. The molecule has 2 N–H and O–H groups in total. The van der Waals surface area contributed by atoms with Crippen LogP contribution in [0.1, 0.15) is 35.9 Å². The summed E-state index contributed by atoms with van der Waals surface area (Å²) in [5, 5.41) is 15.5. The van der Waals surface area contributed by atoms with Crippen molar-refractivity contribution in [1.82, 2.24) is 15.1 Å². The Labute approximate surface area is 89.1 Å². The van der Waals surface area contributed by atoms with Crippen molar-refractivity contribution < 1.29 is 9.90 Å². The molecule has 15 heavy (non-hydrogen) atoms. The summed E-state index contributed by atoms with van der Waals surface area (Å²) in [7, 11) is 1.64. The number of amides is 1. The van der Waals surface area contributed by atoms with Crippen LogP contribution in [0.4, 0.5) is 0 Å². The van der Waals surface area contributed by atoms with Gasteiger partial charge in [-0.2, -0.15) is 5.10 Å². The van der Waals surface area contributed by atoms with Gasteiger partial charge in [0, 0.05) is 19.3 Å². The van der Waals surface area contributed by atoms with Crippen LogP contribution >= 0.6 is 0 Å². The second-order valence-corrected chi connectivity index (χ2v) is 3.81. The maximum atomic E-state index is 11.7. The van der Waals surface area contributed by atoms with Gasteiger partial charge in [0.1, 0.15) is 5.69 Å². The number of carbonyl (C=O) groups excluding carboxylic acids is 1. The molecule has 84 valence electrons. The Kier molecular flexibility index (Phi) is 3.85. The lowest BCUT2D eigenvalue weighted by Crippen LogP contribution is -2.29. The topological polar surface area (TPSA) is 69.2 Å². The maximum absolute atomic E-state index is 11.7. The molecule has 0 bridgehead atoms. The fourth-order valence-corrected chi connectivity index (χ4v) is 1.19. The molecule has 1 amide bonds.